The van der Waals surface area contributed by atoms with E-state index in [1.54, 1.807) is 98.4 Å². The second kappa shape index (κ2) is 29.7. The Balaban J connectivity index is 0.000000120. The minimum absolute atomic E-state index is 0.160. The summed E-state index contributed by atoms with van der Waals surface area (Å²) in [7, 11) is 5.24. The van der Waals surface area contributed by atoms with Crippen LogP contribution in [0.2, 0.25) is 5.02 Å². The van der Waals surface area contributed by atoms with E-state index in [0.29, 0.717) is 124 Å². The van der Waals surface area contributed by atoms with Crippen molar-refractivity contribution in [3.8, 4) is 68.7 Å². The SMILES string of the molecule is CN1C(=O)c2c(nn(Cc3ccc(-c4cccc(F)n4)cc3)c2Oc2cccc(Cl)c2)N2C1=N[C@@H]1CCC[C@@H]12.Cc1cccc(-c2ccc(Cn3nc4c(c3Oc3ccc(F)cc3)C(=O)N(C)C3=N[C@@H]5CCC[C@@H]5N34)cc2)n1.Cc1cccc(-c2ccc(Cn3nc4c(c3Oc3ccccc3)C(=O)N(C)C3=NC(C)(C)CN34)cc2)n1. The van der Waals surface area contributed by atoms with Crippen molar-refractivity contribution in [2.45, 2.75) is 116 Å². The molecule has 6 aromatic carbocycles. The maximum atomic E-state index is 13.7. The van der Waals surface area contributed by atoms with Gasteiger partial charge in [0.2, 0.25) is 41.5 Å². The number of carbonyl (C=O) groups excluding carboxylic acids is 3. The third-order valence-electron chi connectivity index (χ3n) is 21.8. The number of halogens is 3. The zero-order chi connectivity index (χ0) is 79.1. The number of pyridine rings is 3. The van der Waals surface area contributed by atoms with Gasteiger partial charge in [-0.15, -0.1) is 0 Å². The van der Waals surface area contributed by atoms with Gasteiger partial charge in [-0.3, -0.25) is 53.8 Å². The van der Waals surface area contributed by atoms with Crippen LogP contribution in [-0.2, 0) is 19.6 Å². The summed E-state index contributed by atoms with van der Waals surface area (Å²) in [5, 5.41) is 15.3. The molecule has 0 unspecified atom stereocenters. The minimum atomic E-state index is -0.523. The average molecular weight is 1560 g/mol. The van der Waals surface area contributed by atoms with Crippen molar-refractivity contribution >= 4 is 64.7 Å². The second-order valence-corrected chi connectivity index (χ2v) is 30.8. The highest BCUT2D eigenvalue weighted by molar-refractivity contribution is 6.30. The van der Waals surface area contributed by atoms with Crippen LogP contribution in [0.25, 0.3) is 33.8 Å². The van der Waals surface area contributed by atoms with Crippen LogP contribution in [0.1, 0.15) is 112 Å². The molecule has 20 rings (SSSR count). The highest BCUT2D eigenvalue weighted by atomic mass is 35.5. The van der Waals surface area contributed by atoms with Gasteiger partial charge in [-0.2, -0.15) is 19.7 Å². The number of aliphatic imine (C=N–C) groups is 3. The summed E-state index contributed by atoms with van der Waals surface area (Å²) < 4.78 is 51.4. The summed E-state index contributed by atoms with van der Waals surface area (Å²) in [5.41, 5.74) is 11.1. The third kappa shape index (κ3) is 14.0. The lowest BCUT2D eigenvalue weighted by Gasteiger charge is -2.33. The van der Waals surface area contributed by atoms with Crippen LogP contribution in [-0.4, -0.2) is 152 Å². The number of amides is 3. The first kappa shape index (κ1) is 73.3. The molecule has 0 bridgehead atoms. The van der Waals surface area contributed by atoms with Crippen LogP contribution in [0.15, 0.2) is 221 Å². The maximum absolute atomic E-state index is 13.7. The number of guanidine groups is 3. The molecule has 2 saturated carbocycles. The molecule has 115 heavy (non-hydrogen) atoms. The first-order chi connectivity index (χ1) is 55.7. The number of para-hydroxylation sites is 1. The smallest absolute Gasteiger partial charge is 0.269 e. The summed E-state index contributed by atoms with van der Waals surface area (Å²) in [4.78, 5) is 79.6. The molecule has 0 radical (unpaired) electrons. The van der Waals surface area contributed by atoms with Gasteiger partial charge in [0.1, 0.15) is 39.8 Å². The van der Waals surface area contributed by atoms with E-state index in [4.69, 9.17) is 56.1 Å². The van der Waals surface area contributed by atoms with E-state index in [0.717, 1.165) is 94.7 Å². The van der Waals surface area contributed by atoms with Crippen LogP contribution in [0.5, 0.6) is 34.9 Å². The molecule has 4 atom stereocenters. The molecule has 2 aliphatic carbocycles. The summed E-state index contributed by atoms with van der Waals surface area (Å²) in [6.45, 7) is 9.88. The Morgan fingerprint density at radius 1 is 0.443 bits per heavy atom. The Hall–Kier alpha value is -13.2. The van der Waals surface area contributed by atoms with Gasteiger partial charge in [0.15, 0.2) is 17.5 Å². The Labute approximate surface area is 666 Å². The largest absolute Gasteiger partial charge is 0.438 e. The zero-order valence-corrected chi connectivity index (χ0v) is 64.9. The summed E-state index contributed by atoms with van der Waals surface area (Å²) in [6, 6.07) is 63.7. The standard InChI is InChI=1S/C30H27FN6O2.C29H24ClFN6O2.C29H28N6O2/c1-18-5-3-6-23(32-18)20-11-9-19(10-12-20)17-36-29(39-22-15-13-21(31)14-16-22)26-27(34-36)37-25-8-4-7-24(25)33-30(37)35(2)28(26)38;1-35-27(38)25-26(37-23-9-3-8-22(23)33-29(35)37)34-36(28(25)39-20-6-2-5-19(30)15-20)16-17-11-13-18(14-12-17)21-7-4-10-24(31)32-21;1-19-9-8-12-23(30-19)21-15-13-20(14-16-21)17-35-27(37-22-10-6-5-7-11-22)24-25(32-35)34-18-29(2,3)31-28(34)33(4)26(24)36/h3,5-6,9-16,24-25H,4,7-8,17H2,1-2H3;2,4-7,10-15,22-23H,3,8-9,16H2,1H3;5-16H,17-18H2,1-4H3/t24-,25+;22-,23+;/m11./s1. The number of aryl methyl sites for hydroxylation is 2. The zero-order valence-electron chi connectivity index (χ0n) is 64.1. The van der Waals surface area contributed by atoms with Gasteiger partial charge in [0.05, 0.1) is 73.0 Å². The van der Waals surface area contributed by atoms with Gasteiger partial charge >= 0.3 is 0 Å². The van der Waals surface area contributed by atoms with Gasteiger partial charge < -0.3 is 14.2 Å². The number of rotatable bonds is 15. The van der Waals surface area contributed by atoms with Crippen molar-refractivity contribution < 1.29 is 37.4 Å². The van der Waals surface area contributed by atoms with Gasteiger partial charge in [-0.05, 0) is 174 Å². The number of benzene rings is 6. The lowest BCUT2D eigenvalue weighted by Crippen LogP contribution is -2.51. The number of hydrogen-bond acceptors (Lipinski definition) is 18. The molecular formula is C88H79ClF2N18O6. The van der Waals surface area contributed by atoms with Crippen molar-refractivity contribution in [3.63, 3.8) is 0 Å². The Kier molecular flexibility index (Phi) is 18.9. The number of ether oxygens (including phenoxy) is 3. The van der Waals surface area contributed by atoms with Crippen LogP contribution < -0.4 is 28.9 Å². The van der Waals surface area contributed by atoms with Gasteiger partial charge in [0.25, 0.3) is 17.7 Å². The molecule has 12 heterocycles. The predicted octanol–water partition coefficient (Wildman–Crippen LogP) is 16.3. The fourth-order valence-corrected chi connectivity index (χ4v) is 16.4. The lowest BCUT2D eigenvalue weighted by molar-refractivity contribution is 0.0853. The predicted molar refractivity (Wildman–Crippen MR) is 435 cm³/mol. The topological polar surface area (TPSA) is 228 Å². The summed E-state index contributed by atoms with van der Waals surface area (Å²) >= 11 is 6.23. The van der Waals surface area contributed by atoms with Crippen molar-refractivity contribution in [2.24, 2.45) is 15.0 Å². The lowest BCUT2D eigenvalue weighted by atomic mass is 10.1. The van der Waals surface area contributed by atoms with E-state index >= 15 is 0 Å². The number of aromatic nitrogens is 9. The Morgan fingerprint density at radius 3 is 1.31 bits per heavy atom. The Bertz CT molecular complexity index is 5910. The Morgan fingerprint density at radius 2 is 0.852 bits per heavy atom. The molecule has 24 nitrogen and oxygen atoms in total. The quantitative estimate of drug-likeness (QED) is 0.0869. The molecule has 3 amide bonds. The van der Waals surface area contributed by atoms with E-state index in [1.807, 2.05) is 134 Å². The highest BCUT2D eigenvalue weighted by Crippen LogP contribution is 2.48. The van der Waals surface area contributed by atoms with Crippen molar-refractivity contribution in [3.05, 3.63) is 268 Å². The van der Waals surface area contributed by atoms with E-state index in [9.17, 15) is 23.2 Å². The van der Waals surface area contributed by atoms with Crippen LogP contribution in [0.4, 0.5) is 26.2 Å². The molecule has 6 aliphatic heterocycles. The molecule has 8 aliphatic rings. The molecule has 12 aromatic rings. The van der Waals surface area contributed by atoms with E-state index < -0.39 is 5.95 Å². The van der Waals surface area contributed by atoms with E-state index in [2.05, 4.69) is 62.9 Å². The molecule has 27 heteroatoms. The molecule has 0 saturated heterocycles. The fourth-order valence-electron chi connectivity index (χ4n) is 16.2. The van der Waals surface area contributed by atoms with Crippen molar-refractivity contribution in [1.29, 1.82) is 0 Å². The van der Waals surface area contributed by atoms with Crippen LogP contribution in [0, 0.1) is 25.6 Å². The summed E-state index contributed by atoms with van der Waals surface area (Å²) in [6.07, 6.45) is 6.18. The summed E-state index contributed by atoms with van der Waals surface area (Å²) in [5.74, 6) is 4.83. The highest BCUT2D eigenvalue weighted by Gasteiger charge is 2.52. The maximum Gasteiger partial charge on any atom is 0.269 e. The van der Waals surface area contributed by atoms with Crippen molar-refractivity contribution in [2.75, 3.05) is 42.4 Å². The van der Waals surface area contributed by atoms with Gasteiger partial charge in [0, 0.05) is 54.2 Å². The number of nitrogens with zero attached hydrogens (tertiary/aromatic N) is 18. The normalized spacial score (nSPS) is 18.4. The van der Waals surface area contributed by atoms with Crippen LogP contribution >= 0.6 is 11.6 Å². The average Bonchev–Trinajstić information content (AvgIpc) is 1.57. The van der Waals surface area contributed by atoms with E-state index in [1.165, 1.54) is 18.2 Å². The molecule has 6 aromatic heterocycles. The third-order valence-corrected chi connectivity index (χ3v) is 22.0. The number of fused-ring (bicyclic) bond motifs is 13. The number of hydrogen-bond donors (Lipinski definition) is 0. The molecule has 0 N–H and O–H groups in total. The fraction of sp³-hybridized carbons (Fsp3) is 0.250. The van der Waals surface area contributed by atoms with Crippen molar-refractivity contribution in [1.82, 2.24) is 59.0 Å². The van der Waals surface area contributed by atoms with Crippen LogP contribution in [0.3, 0.4) is 0 Å². The minimum Gasteiger partial charge on any atom is -0.438 e. The molecule has 578 valence electrons. The van der Waals surface area contributed by atoms with E-state index in [-0.39, 0.29) is 53.2 Å². The molecular weight excluding hydrogens is 1480 g/mol. The monoisotopic (exact) mass is 1560 g/mol. The first-order valence-corrected chi connectivity index (χ1v) is 38.7. The molecule has 2 fully saturated rings. The second-order valence-electron chi connectivity index (χ2n) is 30.4. The van der Waals surface area contributed by atoms with Gasteiger partial charge in [-0.25, -0.2) is 38.4 Å². The molecule has 0 spiro atoms. The first-order valence-electron chi connectivity index (χ1n) is 38.4. The number of carbonyl (C=O) groups is 3. The number of anilines is 3. The van der Waals surface area contributed by atoms with Gasteiger partial charge in [-0.1, -0.05) is 127 Å².